The van der Waals surface area contributed by atoms with E-state index in [0.29, 0.717) is 16.1 Å². The molecule has 1 N–H and O–H groups in total. The SMILES string of the molecule is O=C(N/N=C/c1cc(Br)ccc1OC(=O)c1ccccc1Cl)c1ccc(Cl)c(Cl)c1. The molecule has 152 valence electrons. The van der Waals surface area contributed by atoms with Crippen molar-refractivity contribution in [1.82, 2.24) is 5.43 Å². The molecule has 3 aromatic rings. The quantitative estimate of drug-likeness (QED) is 0.181. The average molecular weight is 527 g/mol. The lowest BCUT2D eigenvalue weighted by molar-refractivity contribution is 0.0734. The second kappa shape index (κ2) is 10.1. The summed E-state index contributed by atoms with van der Waals surface area (Å²) >= 11 is 21.2. The van der Waals surface area contributed by atoms with Crippen LogP contribution in [-0.4, -0.2) is 18.1 Å². The molecule has 5 nitrogen and oxygen atoms in total. The zero-order chi connectivity index (χ0) is 21.7. The highest BCUT2D eigenvalue weighted by Crippen LogP contribution is 2.25. The summed E-state index contributed by atoms with van der Waals surface area (Å²) in [7, 11) is 0. The number of halogens is 4. The van der Waals surface area contributed by atoms with Gasteiger partial charge < -0.3 is 4.74 Å². The van der Waals surface area contributed by atoms with Gasteiger partial charge in [-0.1, -0.05) is 62.9 Å². The molecule has 0 saturated heterocycles. The third kappa shape index (κ3) is 5.61. The molecule has 9 heteroatoms. The molecule has 0 unspecified atom stereocenters. The van der Waals surface area contributed by atoms with Crippen LogP contribution in [0.25, 0.3) is 0 Å². The van der Waals surface area contributed by atoms with Crippen LogP contribution in [0, 0.1) is 0 Å². The van der Waals surface area contributed by atoms with E-state index in [4.69, 9.17) is 39.5 Å². The number of benzene rings is 3. The lowest BCUT2D eigenvalue weighted by Gasteiger charge is -2.09. The van der Waals surface area contributed by atoms with Crippen LogP contribution in [0.1, 0.15) is 26.3 Å². The van der Waals surface area contributed by atoms with Gasteiger partial charge >= 0.3 is 5.97 Å². The first-order valence-corrected chi connectivity index (χ1v) is 10.3. The molecule has 30 heavy (non-hydrogen) atoms. The molecule has 0 aromatic heterocycles. The molecule has 0 spiro atoms. The van der Waals surface area contributed by atoms with Gasteiger partial charge in [-0.2, -0.15) is 5.10 Å². The number of hydrogen-bond donors (Lipinski definition) is 1. The van der Waals surface area contributed by atoms with E-state index in [9.17, 15) is 9.59 Å². The maximum Gasteiger partial charge on any atom is 0.345 e. The van der Waals surface area contributed by atoms with Crippen molar-refractivity contribution in [3.63, 3.8) is 0 Å². The van der Waals surface area contributed by atoms with Crippen LogP contribution >= 0.6 is 50.7 Å². The standard InChI is InChI=1S/C21H12BrCl3N2O3/c22-14-6-8-19(30-21(29)15-3-1-2-4-16(15)23)13(9-14)11-26-27-20(28)12-5-7-17(24)18(25)10-12/h1-11H,(H,27,28)/b26-11+. The van der Waals surface area contributed by atoms with Crippen molar-refractivity contribution in [3.05, 3.63) is 96.9 Å². The molecule has 0 heterocycles. The number of amides is 1. The second-order valence-electron chi connectivity index (χ2n) is 5.88. The van der Waals surface area contributed by atoms with Gasteiger partial charge in [0.2, 0.25) is 0 Å². The summed E-state index contributed by atoms with van der Waals surface area (Å²) in [4.78, 5) is 24.7. The topological polar surface area (TPSA) is 67.8 Å². The fourth-order valence-electron chi connectivity index (χ4n) is 2.36. The summed E-state index contributed by atoms with van der Waals surface area (Å²) in [6.45, 7) is 0. The Hall–Kier alpha value is -2.38. The van der Waals surface area contributed by atoms with Crippen LogP contribution in [0.3, 0.4) is 0 Å². The Labute approximate surface area is 195 Å². The smallest absolute Gasteiger partial charge is 0.345 e. The number of carbonyl (C=O) groups is 2. The number of ether oxygens (including phenoxy) is 1. The largest absolute Gasteiger partial charge is 0.422 e. The minimum atomic E-state index is -0.614. The lowest BCUT2D eigenvalue weighted by atomic mass is 10.2. The van der Waals surface area contributed by atoms with Gasteiger partial charge in [-0.25, -0.2) is 10.2 Å². The van der Waals surface area contributed by atoms with Crippen LogP contribution < -0.4 is 10.2 Å². The van der Waals surface area contributed by atoms with Crippen LogP contribution in [0.2, 0.25) is 15.1 Å². The number of rotatable bonds is 5. The van der Waals surface area contributed by atoms with Gasteiger partial charge in [-0.15, -0.1) is 0 Å². The summed E-state index contributed by atoms with van der Waals surface area (Å²) < 4.78 is 6.19. The molecule has 0 aliphatic rings. The Morgan fingerprint density at radius 2 is 1.70 bits per heavy atom. The van der Waals surface area contributed by atoms with Crippen LogP contribution in [0.4, 0.5) is 0 Å². The summed E-state index contributed by atoms with van der Waals surface area (Å²) in [6, 6.07) is 16.0. The fourth-order valence-corrected chi connectivity index (χ4v) is 3.25. The van der Waals surface area contributed by atoms with Gasteiger partial charge in [0.25, 0.3) is 5.91 Å². The number of nitrogens with zero attached hydrogens (tertiary/aromatic N) is 1. The van der Waals surface area contributed by atoms with Crippen LogP contribution in [0.5, 0.6) is 5.75 Å². The van der Waals surface area contributed by atoms with E-state index < -0.39 is 11.9 Å². The zero-order valence-electron chi connectivity index (χ0n) is 15.0. The third-order valence-electron chi connectivity index (χ3n) is 3.82. The van der Waals surface area contributed by atoms with Gasteiger partial charge in [-0.05, 0) is 48.5 Å². The summed E-state index contributed by atoms with van der Waals surface area (Å²) in [5.41, 5.74) is 3.37. The maximum absolute atomic E-state index is 12.4. The van der Waals surface area contributed by atoms with E-state index in [1.54, 1.807) is 42.5 Å². The Balaban J connectivity index is 1.76. The van der Waals surface area contributed by atoms with E-state index in [2.05, 4.69) is 26.5 Å². The number of hydrazone groups is 1. The van der Waals surface area contributed by atoms with E-state index in [0.717, 1.165) is 4.47 Å². The summed E-state index contributed by atoms with van der Waals surface area (Å²) in [5, 5.41) is 4.81. The predicted octanol–water partition coefficient (Wildman–Crippen LogP) is 6.39. The zero-order valence-corrected chi connectivity index (χ0v) is 18.9. The first-order valence-electron chi connectivity index (χ1n) is 8.40. The molecule has 0 fully saturated rings. The fraction of sp³-hybridized carbons (Fsp3) is 0. The van der Waals surface area contributed by atoms with Gasteiger partial charge in [0, 0.05) is 15.6 Å². The van der Waals surface area contributed by atoms with E-state index in [1.807, 2.05) is 0 Å². The monoisotopic (exact) mass is 524 g/mol. The second-order valence-corrected chi connectivity index (χ2v) is 8.02. The molecule has 3 rings (SSSR count). The number of nitrogens with one attached hydrogen (secondary N) is 1. The molecular formula is C21H12BrCl3N2O3. The normalized spacial score (nSPS) is 10.8. The van der Waals surface area contributed by atoms with Crippen LogP contribution in [0.15, 0.2) is 70.2 Å². The van der Waals surface area contributed by atoms with Gasteiger partial charge in [0.05, 0.1) is 26.8 Å². The summed E-state index contributed by atoms with van der Waals surface area (Å²) in [6.07, 6.45) is 1.36. The van der Waals surface area contributed by atoms with Crippen molar-refractivity contribution in [1.29, 1.82) is 0 Å². The van der Waals surface area contributed by atoms with Gasteiger partial charge in [0.1, 0.15) is 5.75 Å². The Morgan fingerprint density at radius 1 is 0.933 bits per heavy atom. The Kier molecular flexibility index (Phi) is 7.50. The minimum absolute atomic E-state index is 0.234. The average Bonchev–Trinajstić information content (AvgIpc) is 2.72. The van der Waals surface area contributed by atoms with Gasteiger partial charge in [0.15, 0.2) is 0 Å². The van der Waals surface area contributed by atoms with E-state index >= 15 is 0 Å². The van der Waals surface area contributed by atoms with Gasteiger partial charge in [-0.3, -0.25) is 4.79 Å². The Bertz CT molecular complexity index is 1150. The molecule has 0 aliphatic heterocycles. The lowest BCUT2D eigenvalue weighted by Crippen LogP contribution is -2.17. The minimum Gasteiger partial charge on any atom is -0.422 e. The molecule has 3 aromatic carbocycles. The number of carbonyl (C=O) groups excluding carboxylic acids is 2. The molecule has 0 radical (unpaired) electrons. The molecule has 0 atom stereocenters. The maximum atomic E-state index is 12.4. The van der Waals surface area contributed by atoms with E-state index in [1.165, 1.54) is 24.4 Å². The van der Waals surface area contributed by atoms with Crippen molar-refractivity contribution in [2.24, 2.45) is 5.10 Å². The van der Waals surface area contributed by atoms with Crippen molar-refractivity contribution >= 4 is 68.8 Å². The first-order chi connectivity index (χ1) is 14.3. The molecule has 0 bridgehead atoms. The number of hydrogen-bond acceptors (Lipinski definition) is 4. The van der Waals surface area contributed by atoms with Crippen molar-refractivity contribution < 1.29 is 14.3 Å². The van der Waals surface area contributed by atoms with E-state index in [-0.39, 0.29) is 21.4 Å². The number of esters is 1. The highest BCUT2D eigenvalue weighted by Gasteiger charge is 2.14. The Morgan fingerprint density at radius 3 is 2.43 bits per heavy atom. The summed E-state index contributed by atoms with van der Waals surface area (Å²) in [5.74, 6) is -0.845. The van der Waals surface area contributed by atoms with Crippen molar-refractivity contribution in [2.45, 2.75) is 0 Å². The highest BCUT2D eigenvalue weighted by molar-refractivity contribution is 9.10. The van der Waals surface area contributed by atoms with Crippen molar-refractivity contribution in [3.8, 4) is 5.75 Å². The highest BCUT2D eigenvalue weighted by atomic mass is 79.9. The molecular weight excluding hydrogens is 515 g/mol. The molecule has 1 amide bonds. The predicted molar refractivity (Wildman–Crippen MR) is 122 cm³/mol. The molecule has 0 saturated carbocycles. The van der Waals surface area contributed by atoms with Crippen LogP contribution in [-0.2, 0) is 0 Å². The molecule has 0 aliphatic carbocycles. The van der Waals surface area contributed by atoms with Crippen molar-refractivity contribution in [2.75, 3.05) is 0 Å². The first kappa shape index (κ1) is 22.3. The third-order valence-corrected chi connectivity index (χ3v) is 5.38.